The van der Waals surface area contributed by atoms with Gasteiger partial charge in [0.2, 0.25) is 0 Å². The molecule has 0 aliphatic carbocycles. The minimum Gasteiger partial charge on any atom is -0.467 e. The van der Waals surface area contributed by atoms with Gasteiger partial charge in [-0.15, -0.1) is 0 Å². The lowest BCUT2D eigenvalue weighted by atomic mass is 9.94. The van der Waals surface area contributed by atoms with Gasteiger partial charge < -0.3 is 14.7 Å². The Labute approximate surface area is 91.2 Å². The van der Waals surface area contributed by atoms with Gasteiger partial charge in [-0.05, 0) is 25.9 Å². The normalized spacial score (nSPS) is 27.6. The van der Waals surface area contributed by atoms with E-state index in [2.05, 4.69) is 11.8 Å². The summed E-state index contributed by atoms with van der Waals surface area (Å²) < 4.78 is 4.70. The minimum absolute atomic E-state index is 0.119. The summed E-state index contributed by atoms with van der Waals surface area (Å²) in [7, 11) is 0. The van der Waals surface area contributed by atoms with Gasteiger partial charge in [0.25, 0.3) is 6.47 Å². The van der Waals surface area contributed by atoms with Crippen LogP contribution < -0.4 is 0 Å². The lowest BCUT2D eigenvalue weighted by molar-refractivity contribution is -0.132. The fraction of sp³-hybridized carbons (Fsp3) is 0.909. The second-order valence-corrected chi connectivity index (χ2v) is 4.20. The van der Waals surface area contributed by atoms with E-state index in [0.29, 0.717) is 19.6 Å². The number of hydrogen-bond acceptors (Lipinski definition) is 4. The van der Waals surface area contributed by atoms with Crippen molar-refractivity contribution in [3.8, 4) is 0 Å². The summed E-state index contributed by atoms with van der Waals surface area (Å²) in [5, 5.41) is 9.83. The third kappa shape index (κ3) is 4.18. The lowest BCUT2D eigenvalue weighted by Gasteiger charge is -2.35. The molecule has 1 fully saturated rings. The minimum atomic E-state index is -0.351. The van der Waals surface area contributed by atoms with Crippen molar-refractivity contribution in [3.05, 3.63) is 0 Å². The third-order valence-electron chi connectivity index (χ3n) is 3.01. The molecule has 1 heterocycles. The summed E-state index contributed by atoms with van der Waals surface area (Å²) in [6.45, 7) is 5.76. The molecule has 0 saturated carbocycles. The van der Waals surface area contributed by atoms with Gasteiger partial charge in [-0.1, -0.05) is 13.3 Å². The largest absolute Gasteiger partial charge is 0.467 e. The maximum Gasteiger partial charge on any atom is 0.293 e. The van der Waals surface area contributed by atoms with E-state index in [1.54, 1.807) is 0 Å². The first-order valence-corrected chi connectivity index (χ1v) is 5.73. The Bertz CT molecular complexity index is 187. The Morgan fingerprint density at radius 1 is 1.60 bits per heavy atom. The quantitative estimate of drug-likeness (QED) is 0.661. The maximum atomic E-state index is 10.0. The summed E-state index contributed by atoms with van der Waals surface area (Å²) in [4.78, 5) is 12.3. The fourth-order valence-electron chi connectivity index (χ4n) is 1.99. The Morgan fingerprint density at radius 3 is 3.00 bits per heavy atom. The molecule has 4 nitrogen and oxygen atoms in total. The van der Waals surface area contributed by atoms with Crippen LogP contribution in [0, 0.1) is 5.92 Å². The number of aliphatic hydroxyl groups is 1. The van der Waals surface area contributed by atoms with Gasteiger partial charge in [0.1, 0.15) is 0 Å². The number of rotatable bonds is 6. The molecule has 1 saturated heterocycles. The zero-order valence-corrected chi connectivity index (χ0v) is 9.39. The zero-order chi connectivity index (χ0) is 11.1. The summed E-state index contributed by atoms with van der Waals surface area (Å²) in [6, 6.07) is 0. The molecule has 0 radical (unpaired) electrons. The number of carbonyl (C=O) groups excluding carboxylic acids is 1. The molecular formula is C11H21NO3. The highest BCUT2D eigenvalue weighted by atomic mass is 16.5. The Kier molecular flexibility index (Phi) is 5.65. The summed E-state index contributed by atoms with van der Waals surface area (Å²) >= 11 is 0. The van der Waals surface area contributed by atoms with E-state index in [9.17, 15) is 9.90 Å². The topological polar surface area (TPSA) is 49.8 Å². The van der Waals surface area contributed by atoms with Crippen LogP contribution in [0.3, 0.4) is 0 Å². The van der Waals surface area contributed by atoms with Crippen LogP contribution in [0.15, 0.2) is 0 Å². The number of piperidine rings is 1. The molecule has 15 heavy (non-hydrogen) atoms. The van der Waals surface area contributed by atoms with E-state index < -0.39 is 0 Å². The predicted octanol–water partition coefficient (Wildman–Crippen LogP) is 0.642. The molecule has 1 rings (SSSR count). The molecule has 1 aliphatic rings. The summed E-state index contributed by atoms with van der Waals surface area (Å²) in [5.74, 6) is 0.119. The number of carbonyl (C=O) groups is 1. The van der Waals surface area contributed by atoms with E-state index in [1.807, 2.05) is 0 Å². The van der Waals surface area contributed by atoms with E-state index in [-0.39, 0.29) is 12.0 Å². The van der Waals surface area contributed by atoms with E-state index in [4.69, 9.17) is 4.74 Å². The lowest BCUT2D eigenvalue weighted by Crippen LogP contribution is -2.45. The van der Waals surface area contributed by atoms with Gasteiger partial charge in [-0.3, -0.25) is 4.79 Å². The molecule has 1 aliphatic heterocycles. The molecular weight excluding hydrogens is 194 g/mol. The Morgan fingerprint density at radius 2 is 2.40 bits per heavy atom. The van der Waals surface area contributed by atoms with Crippen LogP contribution in [0.1, 0.15) is 26.2 Å². The van der Waals surface area contributed by atoms with Crippen LogP contribution in [0.4, 0.5) is 0 Å². The summed E-state index contributed by atoms with van der Waals surface area (Å²) in [6.07, 6.45) is 2.93. The first kappa shape index (κ1) is 12.5. The van der Waals surface area contributed by atoms with Crippen molar-refractivity contribution in [2.24, 2.45) is 5.92 Å². The molecule has 0 bridgehead atoms. The van der Waals surface area contributed by atoms with E-state index in [1.165, 1.54) is 12.8 Å². The molecule has 1 N–H and O–H groups in total. The van der Waals surface area contributed by atoms with Gasteiger partial charge >= 0.3 is 0 Å². The maximum absolute atomic E-state index is 10.0. The standard InChI is InChI=1S/C11H21NO3/c1-2-3-5-12-6-4-10(8-15-9-13)11(14)7-12/h9-11,14H,2-8H2,1H3. The average Bonchev–Trinajstić information content (AvgIpc) is 2.25. The monoisotopic (exact) mass is 215 g/mol. The number of hydrogen-bond donors (Lipinski definition) is 1. The highest BCUT2D eigenvalue weighted by Gasteiger charge is 2.27. The third-order valence-corrected chi connectivity index (χ3v) is 3.01. The van der Waals surface area contributed by atoms with Crippen LogP contribution in [-0.4, -0.2) is 48.8 Å². The fourth-order valence-corrected chi connectivity index (χ4v) is 1.99. The number of likely N-dealkylation sites (tertiary alicyclic amines) is 1. The van der Waals surface area contributed by atoms with Crippen molar-refractivity contribution in [2.45, 2.75) is 32.3 Å². The van der Waals surface area contributed by atoms with Crippen LogP contribution >= 0.6 is 0 Å². The van der Waals surface area contributed by atoms with Crippen molar-refractivity contribution in [3.63, 3.8) is 0 Å². The highest BCUT2D eigenvalue weighted by Crippen LogP contribution is 2.18. The second kappa shape index (κ2) is 6.80. The SMILES string of the molecule is CCCCN1CCC(COC=O)C(O)C1. The van der Waals surface area contributed by atoms with Crippen molar-refractivity contribution >= 4 is 6.47 Å². The Hall–Kier alpha value is -0.610. The van der Waals surface area contributed by atoms with Crippen molar-refractivity contribution in [2.75, 3.05) is 26.2 Å². The summed E-state index contributed by atoms with van der Waals surface area (Å²) in [5.41, 5.74) is 0. The van der Waals surface area contributed by atoms with Crippen LogP contribution in [0.2, 0.25) is 0 Å². The molecule has 0 aromatic heterocycles. The smallest absolute Gasteiger partial charge is 0.293 e. The highest BCUT2D eigenvalue weighted by molar-refractivity contribution is 5.36. The zero-order valence-electron chi connectivity index (χ0n) is 9.39. The number of ether oxygens (including phenoxy) is 1. The van der Waals surface area contributed by atoms with Crippen molar-refractivity contribution in [1.82, 2.24) is 4.90 Å². The van der Waals surface area contributed by atoms with Crippen molar-refractivity contribution in [1.29, 1.82) is 0 Å². The Balaban J connectivity index is 2.24. The molecule has 2 unspecified atom stereocenters. The molecule has 0 amide bonds. The van der Waals surface area contributed by atoms with Gasteiger partial charge in [-0.2, -0.15) is 0 Å². The van der Waals surface area contributed by atoms with Crippen LogP contribution in [0.5, 0.6) is 0 Å². The van der Waals surface area contributed by atoms with Crippen LogP contribution in [-0.2, 0) is 9.53 Å². The molecule has 0 aromatic carbocycles. The molecule has 2 atom stereocenters. The van der Waals surface area contributed by atoms with E-state index in [0.717, 1.165) is 19.5 Å². The first-order chi connectivity index (χ1) is 7.27. The first-order valence-electron chi connectivity index (χ1n) is 5.73. The van der Waals surface area contributed by atoms with Crippen molar-refractivity contribution < 1.29 is 14.6 Å². The number of nitrogens with zero attached hydrogens (tertiary/aromatic N) is 1. The second-order valence-electron chi connectivity index (χ2n) is 4.20. The average molecular weight is 215 g/mol. The van der Waals surface area contributed by atoms with Gasteiger partial charge in [-0.25, -0.2) is 0 Å². The molecule has 0 spiro atoms. The van der Waals surface area contributed by atoms with E-state index >= 15 is 0 Å². The predicted molar refractivity (Wildman–Crippen MR) is 57.5 cm³/mol. The number of β-amino-alcohol motifs (C(OH)–C–C–N with tert-alkyl or cyclic N) is 1. The van der Waals surface area contributed by atoms with Gasteiger partial charge in [0.05, 0.1) is 12.7 Å². The number of aliphatic hydroxyl groups excluding tert-OH is 1. The van der Waals surface area contributed by atoms with Gasteiger partial charge in [0, 0.05) is 12.5 Å². The van der Waals surface area contributed by atoms with Crippen LogP contribution in [0.25, 0.3) is 0 Å². The molecule has 0 aromatic rings. The molecule has 4 heteroatoms. The molecule has 88 valence electrons. The van der Waals surface area contributed by atoms with Gasteiger partial charge in [0.15, 0.2) is 0 Å². The number of unbranched alkanes of at least 4 members (excludes halogenated alkanes) is 1.